The zero-order valence-corrected chi connectivity index (χ0v) is 9.71. The first-order chi connectivity index (χ1) is 7.06. The highest BCUT2D eigenvalue weighted by Gasteiger charge is 2.15. The summed E-state index contributed by atoms with van der Waals surface area (Å²) in [5.41, 5.74) is 0.422. The predicted molar refractivity (Wildman–Crippen MR) is 57.8 cm³/mol. The summed E-state index contributed by atoms with van der Waals surface area (Å²) in [7, 11) is 0. The lowest BCUT2D eigenvalue weighted by atomic mass is 9.97. The van der Waals surface area contributed by atoms with Crippen molar-refractivity contribution in [3.05, 3.63) is 34.1 Å². The fourth-order valence-electron chi connectivity index (χ4n) is 1.16. The van der Waals surface area contributed by atoms with E-state index in [0.29, 0.717) is 5.56 Å². The molecule has 0 saturated heterocycles. The zero-order chi connectivity index (χ0) is 11.4. The fourth-order valence-corrected chi connectivity index (χ4v) is 1.54. The molecule has 1 unspecified atom stereocenters. The van der Waals surface area contributed by atoms with E-state index in [2.05, 4.69) is 15.9 Å². The van der Waals surface area contributed by atoms with Crippen LogP contribution < -0.4 is 0 Å². The van der Waals surface area contributed by atoms with E-state index >= 15 is 0 Å². The summed E-state index contributed by atoms with van der Waals surface area (Å²) < 4.78 is 13.2. The van der Waals surface area contributed by atoms with E-state index in [0.717, 1.165) is 0 Å². The van der Waals surface area contributed by atoms with Crippen LogP contribution in [0.3, 0.4) is 0 Å². The van der Waals surface area contributed by atoms with Crippen molar-refractivity contribution in [2.45, 2.75) is 13.3 Å². The van der Waals surface area contributed by atoms with Gasteiger partial charge in [0.2, 0.25) is 0 Å². The molecule has 0 spiro atoms. The Balaban J connectivity index is 2.93. The van der Waals surface area contributed by atoms with Crippen molar-refractivity contribution in [1.82, 2.24) is 0 Å². The van der Waals surface area contributed by atoms with Crippen LogP contribution in [0.4, 0.5) is 4.39 Å². The van der Waals surface area contributed by atoms with Crippen LogP contribution in [0.5, 0.6) is 0 Å². The molecule has 4 heteroatoms. The van der Waals surface area contributed by atoms with E-state index in [1.165, 1.54) is 18.2 Å². The summed E-state index contributed by atoms with van der Waals surface area (Å²) >= 11 is 3.01. The van der Waals surface area contributed by atoms with E-state index < -0.39 is 5.82 Å². The molecule has 0 saturated carbocycles. The number of benzene rings is 1. The van der Waals surface area contributed by atoms with Crippen molar-refractivity contribution in [2.75, 3.05) is 0 Å². The Morgan fingerprint density at radius 3 is 2.87 bits per heavy atom. The standard InChI is InChI=1S/C11H9BrFNO/c1-7(4-5-14)11(15)8-2-3-10(13)9(12)6-8/h2-3,6-7H,4H2,1H3. The van der Waals surface area contributed by atoms with Crippen LogP contribution in [0.2, 0.25) is 0 Å². The van der Waals surface area contributed by atoms with Crippen LogP contribution in [0.1, 0.15) is 23.7 Å². The molecule has 0 bridgehead atoms. The van der Waals surface area contributed by atoms with Crippen LogP contribution in [0, 0.1) is 23.1 Å². The second kappa shape index (κ2) is 5.04. The van der Waals surface area contributed by atoms with E-state index in [9.17, 15) is 9.18 Å². The summed E-state index contributed by atoms with van der Waals surface area (Å²) in [5, 5.41) is 8.46. The van der Waals surface area contributed by atoms with E-state index in [4.69, 9.17) is 5.26 Å². The lowest BCUT2D eigenvalue weighted by molar-refractivity contribution is 0.0932. The van der Waals surface area contributed by atoms with Gasteiger partial charge in [-0.15, -0.1) is 0 Å². The highest BCUT2D eigenvalue weighted by Crippen LogP contribution is 2.19. The number of carbonyl (C=O) groups is 1. The Morgan fingerprint density at radius 1 is 1.67 bits per heavy atom. The van der Waals surface area contributed by atoms with Crippen LogP contribution >= 0.6 is 15.9 Å². The number of nitriles is 1. The SMILES string of the molecule is CC(CC#N)C(=O)c1ccc(F)c(Br)c1. The minimum absolute atomic E-state index is 0.141. The van der Waals surface area contributed by atoms with Gasteiger partial charge in [-0.2, -0.15) is 5.26 Å². The van der Waals surface area contributed by atoms with Crippen molar-refractivity contribution in [1.29, 1.82) is 5.26 Å². The first-order valence-corrected chi connectivity index (χ1v) is 5.21. The van der Waals surface area contributed by atoms with Crippen molar-refractivity contribution >= 4 is 21.7 Å². The Kier molecular flexibility index (Phi) is 3.98. The van der Waals surface area contributed by atoms with Gasteiger partial charge in [0.25, 0.3) is 0 Å². The van der Waals surface area contributed by atoms with Gasteiger partial charge in [-0.3, -0.25) is 4.79 Å². The molecule has 1 aromatic carbocycles. The second-order valence-electron chi connectivity index (χ2n) is 3.26. The molecule has 1 aromatic rings. The Bertz CT molecular complexity index is 425. The highest BCUT2D eigenvalue weighted by atomic mass is 79.9. The number of halogens is 2. The first kappa shape index (κ1) is 11.9. The van der Waals surface area contributed by atoms with Gasteiger partial charge in [-0.25, -0.2) is 4.39 Å². The normalized spacial score (nSPS) is 11.9. The van der Waals surface area contributed by atoms with Gasteiger partial charge in [-0.05, 0) is 34.1 Å². The molecular formula is C11H9BrFNO. The maximum atomic E-state index is 12.9. The average Bonchev–Trinajstić information content (AvgIpc) is 2.21. The molecule has 0 amide bonds. The average molecular weight is 270 g/mol. The Morgan fingerprint density at radius 2 is 2.33 bits per heavy atom. The minimum atomic E-state index is -0.403. The van der Waals surface area contributed by atoms with Gasteiger partial charge in [0.05, 0.1) is 10.5 Å². The summed E-state index contributed by atoms with van der Waals surface area (Å²) in [6.45, 7) is 1.68. The number of hydrogen-bond donors (Lipinski definition) is 0. The molecule has 0 aliphatic carbocycles. The number of ketones is 1. The van der Waals surface area contributed by atoms with Gasteiger partial charge in [-0.1, -0.05) is 6.92 Å². The van der Waals surface area contributed by atoms with Gasteiger partial charge in [0.15, 0.2) is 5.78 Å². The summed E-state index contributed by atoms with van der Waals surface area (Å²) in [5.74, 6) is -0.899. The third-order valence-corrected chi connectivity index (χ3v) is 2.66. The number of Topliss-reactive ketones (excluding diaryl/α,β-unsaturated/α-hetero) is 1. The number of hydrogen-bond acceptors (Lipinski definition) is 2. The molecule has 0 aromatic heterocycles. The van der Waals surface area contributed by atoms with Gasteiger partial charge < -0.3 is 0 Å². The van der Waals surface area contributed by atoms with E-state index in [1.54, 1.807) is 6.92 Å². The smallest absolute Gasteiger partial charge is 0.166 e. The van der Waals surface area contributed by atoms with Crippen LogP contribution in [0.25, 0.3) is 0 Å². The summed E-state index contributed by atoms with van der Waals surface area (Å²) in [6, 6.07) is 6.03. The molecule has 78 valence electrons. The molecule has 0 aliphatic rings. The molecule has 0 aliphatic heterocycles. The molecular weight excluding hydrogens is 261 g/mol. The molecule has 0 fully saturated rings. The second-order valence-corrected chi connectivity index (χ2v) is 4.11. The van der Waals surface area contributed by atoms with Crippen LogP contribution in [-0.4, -0.2) is 5.78 Å². The van der Waals surface area contributed by atoms with Crippen LogP contribution in [0.15, 0.2) is 22.7 Å². The zero-order valence-electron chi connectivity index (χ0n) is 8.13. The number of nitrogens with zero attached hydrogens (tertiary/aromatic N) is 1. The van der Waals surface area contributed by atoms with Gasteiger partial charge in [0, 0.05) is 17.9 Å². The number of carbonyl (C=O) groups excluding carboxylic acids is 1. The first-order valence-electron chi connectivity index (χ1n) is 4.42. The maximum absolute atomic E-state index is 12.9. The molecule has 0 radical (unpaired) electrons. The monoisotopic (exact) mass is 269 g/mol. The third kappa shape index (κ3) is 2.87. The van der Waals surface area contributed by atoms with Crippen molar-refractivity contribution in [2.24, 2.45) is 5.92 Å². The molecule has 0 N–H and O–H groups in total. The molecule has 0 heterocycles. The number of rotatable bonds is 3. The predicted octanol–water partition coefficient (Wildman–Crippen LogP) is 3.32. The Hall–Kier alpha value is -1.21. The lowest BCUT2D eigenvalue weighted by Crippen LogP contribution is -2.10. The van der Waals surface area contributed by atoms with Gasteiger partial charge >= 0.3 is 0 Å². The maximum Gasteiger partial charge on any atom is 0.166 e. The minimum Gasteiger partial charge on any atom is -0.294 e. The largest absolute Gasteiger partial charge is 0.294 e. The fraction of sp³-hybridized carbons (Fsp3) is 0.273. The highest BCUT2D eigenvalue weighted by molar-refractivity contribution is 9.10. The summed E-state index contributed by atoms with van der Waals surface area (Å²) in [6.07, 6.45) is 0.174. The van der Waals surface area contributed by atoms with Crippen molar-refractivity contribution in [3.63, 3.8) is 0 Å². The quantitative estimate of drug-likeness (QED) is 0.790. The summed E-state index contributed by atoms with van der Waals surface area (Å²) in [4.78, 5) is 11.7. The van der Waals surface area contributed by atoms with E-state index in [-0.39, 0.29) is 22.6 Å². The van der Waals surface area contributed by atoms with Crippen molar-refractivity contribution < 1.29 is 9.18 Å². The van der Waals surface area contributed by atoms with E-state index in [1.807, 2.05) is 6.07 Å². The molecule has 2 nitrogen and oxygen atoms in total. The topological polar surface area (TPSA) is 40.9 Å². The van der Waals surface area contributed by atoms with Gasteiger partial charge in [0.1, 0.15) is 5.82 Å². The van der Waals surface area contributed by atoms with Crippen molar-refractivity contribution in [3.8, 4) is 6.07 Å². The van der Waals surface area contributed by atoms with Crippen LogP contribution in [-0.2, 0) is 0 Å². The molecule has 1 rings (SSSR count). The Labute approximate surface area is 95.8 Å². The molecule has 15 heavy (non-hydrogen) atoms. The third-order valence-electron chi connectivity index (χ3n) is 2.05. The molecule has 1 atom stereocenters. The lowest BCUT2D eigenvalue weighted by Gasteiger charge is -2.06.